The van der Waals surface area contributed by atoms with Crippen LogP contribution in [-0.4, -0.2) is 31.2 Å². The summed E-state index contributed by atoms with van der Waals surface area (Å²) < 4.78 is 1.83. The predicted octanol–water partition coefficient (Wildman–Crippen LogP) is -8.28. The Balaban J connectivity index is 0. The quantitative estimate of drug-likeness (QED) is 0.322. The van der Waals surface area contributed by atoms with Crippen molar-refractivity contribution < 1.29 is 16.3 Å². The van der Waals surface area contributed by atoms with E-state index in [9.17, 15) is 0 Å². The van der Waals surface area contributed by atoms with Crippen molar-refractivity contribution in [2.45, 2.75) is 0 Å². The zero-order valence-corrected chi connectivity index (χ0v) is 10.6. The smallest absolute Gasteiger partial charge is 0.203 e. The fraction of sp³-hybridized carbons (Fsp3) is 0. The minimum atomic E-state index is 0. The maximum atomic E-state index is 1.83. The summed E-state index contributed by atoms with van der Waals surface area (Å²) in [5.74, 6) is 0. The Morgan fingerprint density at radius 1 is 1.00 bits per heavy atom. The van der Waals surface area contributed by atoms with Crippen LogP contribution in [0.2, 0.25) is 0 Å². The summed E-state index contributed by atoms with van der Waals surface area (Å²) in [6.45, 7) is 0. The van der Waals surface area contributed by atoms with E-state index >= 15 is 0 Å². The van der Waals surface area contributed by atoms with E-state index in [-0.39, 0.29) is 12.4 Å². The van der Waals surface area contributed by atoms with Crippen molar-refractivity contribution >= 4 is 31.2 Å². The average molecular weight is 144 g/mol. The molecule has 0 amide bonds. The van der Waals surface area contributed by atoms with Crippen molar-refractivity contribution in [1.29, 1.82) is 0 Å². The van der Waals surface area contributed by atoms with Crippen molar-refractivity contribution in [1.82, 2.24) is 0 Å². The van der Waals surface area contributed by atoms with Gasteiger partial charge in [0.25, 0.3) is 0 Å². The Bertz CT molecular complexity index is 11.6. The molecule has 1 nitrogen and oxygen atoms in total. The summed E-state index contributed by atoms with van der Waals surface area (Å²) in [7, 11) is 4.17. The van der Waals surface area contributed by atoms with Gasteiger partial charge < -0.3 is 16.3 Å². The molecule has 0 unspecified atom stereocenters. The fourth-order valence-corrected chi connectivity index (χ4v) is 0. The van der Waals surface area contributed by atoms with E-state index in [0.29, 0.717) is 0 Å². The second kappa shape index (κ2) is 4.90. The lowest BCUT2D eigenvalue weighted by Crippen LogP contribution is -3.07. The highest BCUT2D eigenvalue weighted by Crippen LogP contribution is 0.737. The lowest BCUT2D eigenvalue weighted by molar-refractivity contribution is -0.481. The number of quaternary nitrogens is 1. The summed E-state index contributed by atoms with van der Waals surface area (Å²) in [6, 6.07) is 0. The van der Waals surface area contributed by atoms with E-state index in [1.165, 1.54) is 31.2 Å². The van der Waals surface area contributed by atoms with Crippen LogP contribution in [0.25, 0.3) is 0 Å². The van der Waals surface area contributed by atoms with Gasteiger partial charge in [0, 0.05) is 0 Å². The van der Waals surface area contributed by atoms with E-state index in [4.69, 9.17) is 0 Å². The van der Waals surface area contributed by atoms with Gasteiger partial charge >= 0.3 is 0 Å². The van der Waals surface area contributed by atoms with Gasteiger partial charge in [0.2, 0.25) is 31.2 Å². The Morgan fingerprint density at radius 2 is 1.00 bits per heavy atom. The molecule has 0 rings (SSSR count). The molecule has 0 bridgehead atoms. The van der Waals surface area contributed by atoms with E-state index < -0.39 is 0 Å². The van der Waals surface area contributed by atoms with Crippen LogP contribution in [0.3, 0.4) is 0 Å². The van der Waals surface area contributed by atoms with Crippen molar-refractivity contribution in [3.05, 3.63) is 0 Å². The molecule has 5 heteroatoms. The van der Waals surface area contributed by atoms with Crippen molar-refractivity contribution in [3.8, 4) is 0 Å². The Morgan fingerprint density at radius 3 is 1.00 bits per heavy atom. The van der Waals surface area contributed by atoms with Crippen LogP contribution in [-0.2, 0) is 0 Å². The molecule has 0 saturated heterocycles. The Hall–Kier alpha value is 0.901. The maximum absolute atomic E-state index is 1.83. The number of hydrogen-bond acceptors (Lipinski definition) is 0. The normalized spacial score (nSPS) is 14.4. The Labute approximate surface area is 48.0 Å². The summed E-state index contributed by atoms with van der Waals surface area (Å²) in [4.78, 5) is 0. The molecule has 34 valence electrons. The van der Waals surface area contributed by atoms with Crippen LogP contribution < -0.4 is 16.3 Å². The van der Waals surface area contributed by atoms with Crippen LogP contribution in [0.15, 0.2) is 0 Å². The van der Waals surface area contributed by atoms with E-state index in [1.54, 1.807) is 0 Å². The van der Waals surface area contributed by atoms with E-state index in [1.807, 2.05) is 3.90 Å². The van der Waals surface area contributed by atoms with Gasteiger partial charge in [-0.1, -0.05) is 0 Å². The first kappa shape index (κ1) is 9.31. The van der Waals surface area contributed by atoms with Crippen molar-refractivity contribution in [3.63, 3.8) is 0 Å². The number of rotatable bonds is 0. The largest absolute Gasteiger partial charge is 1.00 e. The zero-order chi connectivity index (χ0) is 3.58. The third kappa shape index (κ3) is 50.8. The minimum Gasteiger partial charge on any atom is -1.00 e. The van der Waals surface area contributed by atoms with Gasteiger partial charge in [-0.15, -0.1) is 0 Å². The number of halogens is 1. The van der Waals surface area contributed by atoms with Gasteiger partial charge in [0.15, 0.2) is 0 Å². The molecular weight excluding hydrogens is 134 g/mol. The molecule has 1 N–H and O–H groups in total. The molecule has 0 aromatic carbocycles. The van der Waals surface area contributed by atoms with E-state index in [0.717, 1.165) is 0 Å². The molecule has 0 aliphatic rings. The molecule has 0 radical (unpaired) electrons. The van der Waals surface area contributed by atoms with Crippen LogP contribution >= 0.6 is 0 Å². The summed E-state index contributed by atoms with van der Waals surface area (Å²) >= 11 is 0. The highest BCUT2D eigenvalue weighted by Gasteiger charge is 1.60. The molecular formula is H10ClNSi3. The zero-order valence-electron chi connectivity index (χ0n) is 3.88. The lowest BCUT2D eigenvalue weighted by Gasteiger charge is -1.94. The second-order valence-corrected chi connectivity index (χ2v) is 13.5. The molecule has 0 fully saturated rings. The molecule has 0 aromatic heterocycles. The molecule has 0 saturated carbocycles. The summed E-state index contributed by atoms with van der Waals surface area (Å²) in [5, 5.41) is 0. The molecule has 0 aromatic rings. The van der Waals surface area contributed by atoms with Crippen LogP contribution in [0.4, 0.5) is 0 Å². The van der Waals surface area contributed by atoms with Crippen molar-refractivity contribution in [2.24, 2.45) is 0 Å². The first-order chi connectivity index (χ1) is 1.73. The predicted molar refractivity (Wildman–Crippen MR) is 30.8 cm³/mol. The maximum Gasteiger partial charge on any atom is 0.203 e. The monoisotopic (exact) mass is 143 g/mol. The third-order valence-corrected chi connectivity index (χ3v) is 0. The standard InChI is InChI=1S/ClH.H10NSi3/c;2-1(3)4/h1H;1H,2-4H3/q;+1/p-1. The minimum absolute atomic E-state index is 0. The van der Waals surface area contributed by atoms with Gasteiger partial charge in [-0.2, -0.15) is 0 Å². The summed E-state index contributed by atoms with van der Waals surface area (Å²) in [6.07, 6.45) is 0. The van der Waals surface area contributed by atoms with Gasteiger partial charge in [-0.25, -0.2) is 0 Å². The molecule has 0 aliphatic heterocycles. The van der Waals surface area contributed by atoms with Crippen LogP contribution in [0.1, 0.15) is 0 Å². The van der Waals surface area contributed by atoms with E-state index in [2.05, 4.69) is 0 Å². The van der Waals surface area contributed by atoms with Gasteiger partial charge in [-0.05, 0) is 0 Å². The van der Waals surface area contributed by atoms with Crippen molar-refractivity contribution in [2.75, 3.05) is 0 Å². The average Bonchev–Trinajstić information content (AvgIpc) is 0.811. The SMILES string of the molecule is [Cl-].[SiH3][NH+]([SiH3])[SiH3]. The van der Waals surface area contributed by atoms with Crippen LogP contribution in [0.5, 0.6) is 0 Å². The first-order valence-corrected chi connectivity index (χ1v) is 4.50. The molecule has 0 aliphatic carbocycles. The number of nitrogens with one attached hydrogen (secondary N) is 1. The molecule has 0 atom stereocenters. The van der Waals surface area contributed by atoms with Gasteiger partial charge in [0.1, 0.15) is 0 Å². The third-order valence-electron chi connectivity index (χ3n) is 0. The molecule has 0 heterocycles. The first-order valence-electron chi connectivity index (χ1n) is 1.50. The highest BCUT2D eigenvalue weighted by atomic mass is 35.5. The highest BCUT2D eigenvalue weighted by molar-refractivity contribution is 6.24. The Kier molecular flexibility index (Phi) is 9.13. The number of hydrogen-bond donors (Lipinski definition) is 1. The molecule has 5 heavy (non-hydrogen) atoms. The topological polar surface area (TPSA) is 4.44 Å². The van der Waals surface area contributed by atoms with Gasteiger partial charge in [0.05, 0.1) is 0 Å². The molecule has 0 spiro atoms. The summed E-state index contributed by atoms with van der Waals surface area (Å²) in [5.41, 5.74) is 0. The lowest BCUT2D eigenvalue weighted by atomic mass is 13.8. The van der Waals surface area contributed by atoms with Gasteiger partial charge in [-0.3, -0.25) is 0 Å². The fourth-order valence-electron chi connectivity index (χ4n) is 0. The van der Waals surface area contributed by atoms with Crippen LogP contribution in [0, 0.1) is 0 Å². The second-order valence-electron chi connectivity index (χ2n) is 1.50.